The molecule has 0 fully saturated rings. The molecule has 7 heteroatoms. The van der Waals surface area contributed by atoms with E-state index in [1.54, 1.807) is 6.07 Å². The summed E-state index contributed by atoms with van der Waals surface area (Å²) in [5.41, 5.74) is -0.113. The molecule has 1 aromatic heterocycles. The summed E-state index contributed by atoms with van der Waals surface area (Å²) in [6.07, 6.45) is 0. The van der Waals surface area contributed by atoms with Gasteiger partial charge in [-0.2, -0.15) is 5.10 Å². The largest absolute Gasteiger partial charge is 0.342 e. The number of hydrogen-bond acceptors (Lipinski definition) is 4. The molecule has 2 N–H and O–H groups in total. The highest BCUT2D eigenvalue weighted by atomic mass is 35.5. The predicted molar refractivity (Wildman–Crippen MR) is 66.5 cm³/mol. The Hall–Kier alpha value is -1.53. The first kappa shape index (κ1) is 11.9. The van der Waals surface area contributed by atoms with Crippen molar-refractivity contribution in [3.8, 4) is 0 Å². The number of nitrogens with one attached hydrogen (secondary N) is 2. The van der Waals surface area contributed by atoms with Gasteiger partial charge in [-0.25, -0.2) is 9.89 Å². The summed E-state index contributed by atoms with van der Waals surface area (Å²) in [6.45, 7) is 0. The van der Waals surface area contributed by atoms with E-state index < -0.39 is 11.2 Å². The second-order valence-electron chi connectivity index (χ2n) is 3.23. The Kier molecular flexibility index (Phi) is 3.65. The molecule has 2 rings (SSSR count). The average Bonchev–Trinajstić information content (AvgIpc) is 2.28. The summed E-state index contributed by atoms with van der Waals surface area (Å²) in [5.74, 6) is 0.558. The monoisotopic (exact) mass is 269 g/mol. The van der Waals surface area contributed by atoms with E-state index in [9.17, 15) is 9.59 Å². The van der Waals surface area contributed by atoms with E-state index in [0.29, 0.717) is 10.8 Å². The summed E-state index contributed by atoms with van der Waals surface area (Å²) < 4.78 is 0. The smallest absolute Gasteiger partial charge is 0.271 e. The van der Waals surface area contributed by atoms with E-state index in [2.05, 4.69) is 15.2 Å². The van der Waals surface area contributed by atoms with Crippen molar-refractivity contribution in [3.63, 3.8) is 0 Å². The highest BCUT2D eigenvalue weighted by molar-refractivity contribution is 7.98. The van der Waals surface area contributed by atoms with Crippen LogP contribution in [-0.4, -0.2) is 15.2 Å². The third-order valence-electron chi connectivity index (χ3n) is 1.94. The summed E-state index contributed by atoms with van der Waals surface area (Å²) in [6, 6.07) is 7.33. The molecule has 88 valence electrons. The number of benzene rings is 1. The molecule has 0 radical (unpaired) electrons. The van der Waals surface area contributed by atoms with Gasteiger partial charge in [0.2, 0.25) is 0 Å². The van der Waals surface area contributed by atoms with Crippen molar-refractivity contribution in [2.24, 2.45) is 0 Å². The molecule has 0 bridgehead atoms. The van der Waals surface area contributed by atoms with Crippen molar-refractivity contribution >= 4 is 23.4 Å². The van der Waals surface area contributed by atoms with Crippen molar-refractivity contribution in [1.82, 2.24) is 15.2 Å². The Bertz CT molecular complexity index is 638. The van der Waals surface area contributed by atoms with Crippen LogP contribution in [0.4, 0.5) is 0 Å². The van der Waals surface area contributed by atoms with Gasteiger partial charge in [0.05, 0.1) is 0 Å². The van der Waals surface area contributed by atoms with E-state index in [0.717, 1.165) is 5.56 Å². The van der Waals surface area contributed by atoms with Crippen LogP contribution < -0.4 is 11.2 Å². The van der Waals surface area contributed by atoms with E-state index in [4.69, 9.17) is 11.6 Å². The zero-order valence-corrected chi connectivity index (χ0v) is 10.1. The first-order chi connectivity index (χ1) is 8.15. The molecular weight excluding hydrogens is 262 g/mol. The summed E-state index contributed by atoms with van der Waals surface area (Å²) in [4.78, 5) is 24.2. The van der Waals surface area contributed by atoms with Gasteiger partial charge < -0.3 is 0 Å². The first-order valence-corrected chi connectivity index (χ1v) is 6.08. The number of aromatic nitrogens is 3. The van der Waals surface area contributed by atoms with Crippen molar-refractivity contribution in [2.45, 2.75) is 10.8 Å². The molecule has 2 aromatic rings. The van der Waals surface area contributed by atoms with Crippen LogP contribution in [0, 0.1) is 0 Å². The van der Waals surface area contributed by atoms with Crippen LogP contribution in [0.1, 0.15) is 5.56 Å². The van der Waals surface area contributed by atoms with Crippen molar-refractivity contribution < 1.29 is 0 Å². The van der Waals surface area contributed by atoms with Crippen molar-refractivity contribution in [1.29, 1.82) is 0 Å². The van der Waals surface area contributed by atoms with Crippen LogP contribution in [0.15, 0.2) is 38.9 Å². The lowest BCUT2D eigenvalue weighted by Gasteiger charge is -2.00. The van der Waals surface area contributed by atoms with E-state index in [1.165, 1.54) is 11.8 Å². The fraction of sp³-hybridized carbons (Fsp3) is 0.100. The first-order valence-electron chi connectivity index (χ1n) is 4.71. The molecule has 0 aliphatic rings. The molecule has 0 saturated heterocycles. The molecule has 0 saturated carbocycles. The zero-order valence-electron chi connectivity index (χ0n) is 8.57. The van der Waals surface area contributed by atoms with Gasteiger partial charge in [-0.15, -0.1) is 0 Å². The molecule has 0 amide bonds. The second-order valence-corrected chi connectivity index (χ2v) is 4.63. The van der Waals surface area contributed by atoms with Crippen LogP contribution in [-0.2, 0) is 5.75 Å². The third-order valence-corrected chi connectivity index (χ3v) is 3.21. The minimum atomic E-state index is -0.609. The Labute approximate surface area is 105 Å². The lowest BCUT2D eigenvalue weighted by molar-refractivity contribution is 0.807. The minimum absolute atomic E-state index is 0.226. The molecule has 1 heterocycles. The van der Waals surface area contributed by atoms with Gasteiger partial charge in [0, 0.05) is 10.8 Å². The van der Waals surface area contributed by atoms with Gasteiger partial charge in [-0.05, 0) is 17.7 Å². The third kappa shape index (κ3) is 3.21. The number of nitrogens with zero attached hydrogens (tertiary/aromatic N) is 1. The van der Waals surface area contributed by atoms with Crippen LogP contribution in [0.25, 0.3) is 0 Å². The Morgan fingerprint density at radius 2 is 2.18 bits per heavy atom. The SMILES string of the molecule is O=c1[nH]nc(SCc2cccc(Cl)c2)c(=O)[nH]1. The van der Waals surface area contributed by atoms with Gasteiger partial charge in [-0.1, -0.05) is 35.5 Å². The number of halogens is 1. The molecule has 0 aliphatic heterocycles. The van der Waals surface area contributed by atoms with Gasteiger partial charge in [-0.3, -0.25) is 9.78 Å². The van der Waals surface area contributed by atoms with Gasteiger partial charge in [0.1, 0.15) is 0 Å². The quantitative estimate of drug-likeness (QED) is 0.826. The maximum absolute atomic E-state index is 11.3. The molecule has 0 spiro atoms. The van der Waals surface area contributed by atoms with E-state index in [1.807, 2.05) is 18.2 Å². The maximum atomic E-state index is 11.3. The maximum Gasteiger partial charge on any atom is 0.342 e. The topological polar surface area (TPSA) is 78.6 Å². The fourth-order valence-electron chi connectivity index (χ4n) is 1.21. The summed E-state index contributed by atoms with van der Waals surface area (Å²) >= 11 is 7.07. The molecule has 0 atom stereocenters. The minimum Gasteiger partial charge on any atom is -0.271 e. The Morgan fingerprint density at radius 1 is 1.35 bits per heavy atom. The number of hydrogen-bond donors (Lipinski definition) is 2. The lowest BCUT2D eigenvalue weighted by atomic mass is 10.2. The van der Waals surface area contributed by atoms with E-state index >= 15 is 0 Å². The zero-order chi connectivity index (χ0) is 12.3. The molecule has 17 heavy (non-hydrogen) atoms. The van der Waals surface area contributed by atoms with Gasteiger partial charge in [0.15, 0.2) is 5.03 Å². The molecular formula is C10H8ClN3O2S. The van der Waals surface area contributed by atoms with Crippen LogP contribution in [0.3, 0.4) is 0 Å². The standard InChI is InChI=1S/C10H8ClN3O2S/c11-7-3-1-2-6(4-7)5-17-9-8(15)12-10(16)14-13-9/h1-4H,5H2,(H2,12,14,15,16). The normalized spacial score (nSPS) is 10.4. The lowest BCUT2D eigenvalue weighted by Crippen LogP contribution is -2.24. The average molecular weight is 270 g/mol. The highest BCUT2D eigenvalue weighted by Gasteiger charge is 2.03. The van der Waals surface area contributed by atoms with Gasteiger partial charge in [0.25, 0.3) is 5.56 Å². The summed E-state index contributed by atoms with van der Waals surface area (Å²) in [5, 5.41) is 6.72. The Morgan fingerprint density at radius 3 is 2.88 bits per heavy atom. The van der Waals surface area contributed by atoms with Crippen LogP contribution >= 0.6 is 23.4 Å². The van der Waals surface area contributed by atoms with Crippen molar-refractivity contribution in [3.05, 3.63) is 55.7 Å². The molecule has 0 aliphatic carbocycles. The predicted octanol–water partition coefficient (Wildman–Crippen LogP) is 1.40. The highest BCUT2D eigenvalue weighted by Crippen LogP contribution is 2.19. The Balaban J connectivity index is 2.12. The van der Waals surface area contributed by atoms with Gasteiger partial charge >= 0.3 is 5.69 Å². The van der Waals surface area contributed by atoms with Crippen molar-refractivity contribution in [2.75, 3.05) is 0 Å². The number of thioether (sulfide) groups is 1. The molecule has 1 aromatic carbocycles. The molecule has 5 nitrogen and oxygen atoms in total. The second kappa shape index (κ2) is 5.20. The number of aromatic amines is 2. The number of H-pyrrole nitrogens is 2. The van der Waals surface area contributed by atoms with E-state index in [-0.39, 0.29) is 5.03 Å². The number of rotatable bonds is 3. The van der Waals surface area contributed by atoms with Crippen LogP contribution in [0.2, 0.25) is 5.02 Å². The fourth-order valence-corrected chi connectivity index (χ4v) is 2.20. The van der Waals surface area contributed by atoms with Crippen LogP contribution in [0.5, 0.6) is 0 Å². The summed E-state index contributed by atoms with van der Waals surface area (Å²) in [7, 11) is 0. The molecule has 0 unspecified atom stereocenters.